The fraction of sp³-hybridized carbons (Fsp3) is 0.700. The van der Waals surface area contributed by atoms with Crippen LogP contribution < -0.4 is 0 Å². The van der Waals surface area contributed by atoms with Crippen LogP contribution in [0.5, 0.6) is 0 Å². The summed E-state index contributed by atoms with van der Waals surface area (Å²) in [6, 6.07) is 0. The molecule has 5 nitrogen and oxygen atoms in total. The van der Waals surface area contributed by atoms with E-state index in [1.807, 2.05) is 0 Å². The van der Waals surface area contributed by atoms with Gasteiger partial charge in [0.25, 0.3) is 0 Å². The minimum absolute atomic E-state index is 0.0440. The highest BCUT2D eigenvalue weighted by atomic mass is 31.2. The predicted octanol–water partition coefficient (Wildman–Crippen LogP) is 0.974. The van der Waals surface area contributed by atoms with E-state index in [2.05, 4.69) is 0 Å². The number of carboxylic acids is 1. The van der Waals surface area contributed by atoms with Crippen LogP contribution in [-0.4, -0.2) is 26.0 Å². The summed E-state index contributed by atoms with van der Waals surface area (Å²) in [5, 5.41) is 8.01. The summed E-state index contributed by atoms with van der Waals surface area (Å²) in [5.41, 5.74) is 0.238. The van der Waals surface area contributed by atoms with Gasteiger partial charge in [0, 0.05) is 11.5 Å². The summed E-state index contributed by atoms with van der Waals surface area (Å²) in [5.74, 6) is -1.22. The maximum absolute atomic E-state index is 11.6. The highest BCUT2D eigenvalue weighted by molar-refractivity contribution is 7.53. The zero-order valence-corrected chi connectivity index (χ0v) is 9.43. The van der Waals surface area contributed by atoms with Crippen molar-refractivity contribution in [1.29, 1.82) is 0 Å². The minimum Gasteiger partial charge on any atom is -0.478 e. The Kier molecular flexibility index (Phi) is 1.83. The van der Waals surface area contributed by atoms with Crippen LogP contribution in [0.4, 0.5) is 0 Å². The largest absolute Gasteiger partial charge is 0.478 e. The van der Waals surface area contributed by atoms with Crippen LogP contribution in [0.15, 0.2) is 11.6 Å². The van der Waals surface area contributed by atoms with E-state index >= 15 is 0 Å². The average molecular weight is 244 g/mol. The summed E-state index contributed by atoms with van der Waals surface area (Å²) < 4.78 is 11.6. The lowest BCUT2D eigenvalue weighted by molar-refractivity contribution is -0.136. The Morgan fingerprint density at radius 1 is 1.44 bits per heavy atom. The Morgan fingerprint density at radius 2 is 2.12 bits per heavy atom. The van der Waals surface area contributed by atoms with E-state index in [0.717, 1.165) is 6.42 Å². The van der Waals surface area contributed by atoms with Gasteiger partial charge in [0.05, 0.1) is 5.16 Å². The lowest BCUT2D eigenvalue weighted by Gasteiger charge is -2.63. The summed E-state index contributed by atoms with van der Waals surface area (Å²) in [6.45, 7) is 0. The summed E-state index contributed by atoms with van der Waals surface area (Å²) >= 11 is 0. The maximum Gasteiger partial charge on any atom is 0.332 e. The Hall–Kier alpha value is -0.640. The molecule has 3 saturated carbocycles. The van der Waals surface area contributed by atoms with E-state index in [0.29, 0.717) is 12.8 Å². The van der Waals surface area contributed by atoms with Crippen LogP contribution in [0.2, 0.25) is 0 Å². The molecular weight excluding hydrogens is 231 g/mol. The second kappa shape index (κ2) is 2.78. The van der Waals surface area contributed by atoms with Crippen LogP contribution in [0.1, 0.15) is 19.3 Å². The molecule has 0 aliphatic heterocycles. The number of carboxylic acid groups (broad SMARTS) is 1. The first-order valence-electron chi connectivity index (χ1n) is 5.36. The molecule has 0 radical (unpaired) electrons. The fourth-order valence-corrected chi connectivity index (χ4v) is 5.64. The van der Waals surface area contributed by atoms with E-state index < -0.39 is 24.6 Å². The Bertz CT molecular complexity index is 450. The molecule has 6 heteroatoms. The number of carbonyl (C=O) groups is 1. The van der Waals surface area contributed by atoms with E-state index in [4.69, 9.17) is 5.11 Å². The van der Waals surface area contributed by atoms with Crippen molar-refractivity contribution in [2.24, 2.45) is 17.8 Å². The average Bonchev–Trinajstić information content (AvgIpc) is 2.14. The van der Waals surface area contributed by atoms with Gasteiger partial charge in [-0.2, -0.15) is 0 Å². The van der Waals surface area contributed by atoms with Crippen molar-refractivity contribution in [1.82, 2.24) is 0 Å². The van der Waals surface area contributed by atoms with Gasteiger partial charge in [-0.3, -0.25) is 4.57 Å². The SMILES string of the molecule is O=C(O)C1=C[C@@H]2C[C@H]3C[C@@](P(=O)(O)O)(C2)[C@@H]13. The van der Waals surface area contributed by atoms with Crippen molar-refractivity contribution in [2.45, 2.75) is 24.4 Å². The smallest absolute Gasteiger partial charge is 0.332 e. The van der Waals surface area contributed by atoms with E-state index in [1.54, 1.807) is 6.08 Å². The van der Waals surface area contributed by atoms with Crippen LogP contribution >= 0.6 is 7.60 Å². The molecule has 0 aromatic carbocycles. The van der Waals surface area contributed by atoms with Gasteiger partial charge in [-0.1, -0.05) is 6.08 Å². The maximum atomic E-state index is 11.6. The van der Waals surface area contributed by atoms with Crippen LogP contribution in [0.25, 0.3) is 0 Å². The van der Waals surface area contributed by atoms with Crippen molar-refractivity contribution in [2.75, 3.05) is 0 Å². The third-order valence-electron chi connectivity index (χ3n) is 4.46. The minimum atomic E-state index is -4.21. The molecule has 0 unspecified atom stereocenters. The number of rotatable bonds is 2. The van der Waals surface area contributed by atoms with Gasteiger partial charge in [-0.25, -0.2) is 4.79 Å². The van der Waals surface area contributed by atoms with Gasteiger partial charge in [-0.15, -0.1) is 0 Å². The normalized spacial score (nSPS) is 44.9. The zero-order valence-electron chi connectivity index (χ0n) is 8.54. The van der Waals surface area contributed by atoms with Crippen molar-refractivity contribution in [3.05, 3.63) is 11.6 Å². The molecule has 4 atom stereocenters. The predicted molar refractivity (Wildman–Crippen MR) is 54.8 cm³/mol. The Balaban J connectivity index is 2.08. The quantitative estimate of drug-likeness (QED) is 0.629. The van der Waals surface area contributed by atoms with Gasteiger partial charge in [0.1, 0.15) is 0 Å². The second-order valence-corrected chi connectivity index (χ2v) is 7.20. The number of hydrogen-bond acceptors (Lipinski definition) is 2. The molecular formula is C10H13O5P. The number of allylic oxidation sites excluding steroid dienone is 1. The van der Waals surface area contributed by atoms with Crippen LogP contribution in [0.3, 0.4) is 0 Å². The molecule has 0 saturated heterocycles. The first-order valence-corrected chi connectivity index (χ1v) is 6.97. The van der Waals surface area contributed by atoms with Gasteiger partial charge >= 0.3 is 13.6 Å². The summed E-state index contributed by atoms with van der Waals surface area (Å²) in [4.78, 5) is 30.0. The molecule has 16 heavy (non-hydrogen) atoms. The fourth-order valence-electron chi connectivity index (χ4n) is 3.98. The van der Waals surface area contributed by atoms with Crippen molar-refractivity contribution >= 4 is 13.6 Å². The molecule has 4 bridgehead atoms. The Morgan fingerprint density at radius 3 is 2.62 bits per heavy atom. The summed E-state index contributed by atoms with van der Waals surface area (Å²) in [7, 11) is -4.21. The first-order chi connectivity index (χ1) is 7.35. The van der Waals surface area contributed by atoms with Gasteiger partial charge < -0.3 is 14.9 Å². The number of aliphatic carboxylic acids is 1. The molecule has 3 fully saturated rings. The van der Waals surface area contributed by atoms with Crippen molar-refractivity contribution < 1.29 is 24.3 Å². The van der Waals surface area contributed by atoms with Gasteiger partial charge in [0.2, 0.25) is 0 Å². The lowest BCUT2D eigenvalue weighted by atomic mass is 9.48. The third kappa shape index (κ3) is 1.04. The van der Waals surface area contributed by atoms with Crippen molar-refractivity contribution in [3.8, 4) is 0 Å². The van der Waals surface area contributed by atoms with Gasteiger partial charge in [-0.05, 0) is 31.1 Å². The molecule has 5 aliphatic rings. The molecule has 0 aromatic heterocycles. The third-order valence-corrected chi connectivity index (χ3v) is 6.27. The highest BCUT2D eigenvalue weighted by Crippen LogP contribution is 2.75. The highest BCUT2D eigenvalue weighted by Gasteiger charge is 2.70. The molecule has 5 rings (SSSR count). The topological polar surface area (TPSA) is 94.8 Å². The van der Waals surface area contributed by atoms with E-state index in [1.165, 1.54) is 0 Å². The van der Waals surface area contributed by atoms with Gasteiger partial charge in [0.15, 0.2) is 0 Å². The molecule has 3 N–H and O–H groups in total. The second-order valence-electron chi connectivity index (χ2n) is 5.22. The molecule has 88 valence electrons. The molecule has 0 spiro atoms. The van der Waals surface area contributed by atoms with Crippen LogP contribution in [0, 0.1) is 17.8 Å². The zero-order chi connectivity index (χ0) is 11.7. The first kappa shape index (κ1) is 10.5. The van der Waals surface area contributed by atoms with Crippen LogP contribution in [-0.2, 0) is 9.36 Å². The number of hydrogen-bond donors (Lipinski definition) is 3. The molecule has 0 amide bonds. The monoisotopic (exact) mass is 244 g/mol. The van der Waals surface area contributed by atoms with Crippen molar-refractivity contribution in [3.63, 3.8) is 0 Å². The van der Waals surface area contributed by atoms with E-state index in [9.17, 15) is 19.1 Å². The molecule has 0 heterocycles. The van der Waals surface area contributed by atoms with E-state index in [-0.39, 0.29) is 17.4 Å². The summed E-state index contributed by atoms with van der Waals surface area (Å²) in [6.07, 6.45) is 3.54. The Labute approximate surface area is 92.3 Å². The molecule has 5 aliphatic carbocycles. The molecule has 0 aromatic rings. The lowest BCUT2D eigenvalue weighted by Crippen LogP contribution is -2.62. The standard InChI is InChI=1S/C10H13O5P/c11-9(12)7-2-5-1-6-4-10(3-5,8(6)7)16(13,14)15/h2,5-6,8H,1,3-4H2,(H,11,12)(H2,13,14,15)/t5-,6-,8+,10-/m0/s1.